The van der Waals surface area contributed by atoms with Crippen molar-refractivity contribution in [3.05, 3.63) is 83.6 Å². The van der Waals surface area contributed by atoms with Crippen LogP contribution in [-0.2, 0) is 13.7 Å². The molecule has 1 aliphatic rings. The maximum absolute atomic E-state index is 6.06. The Kier molecular flexibility index (Phi) is 3.35. The first-order chi connectivity index (χ1) is 12.7. The van der Waals surface area contributed by atoms with E-state index in [1.807, 2.05) is 29.9 Å². The summed E-state index contributed by atoms with van der Waals surface area (Å²) in [5.74, 6) is 1.50. The highest BCUT2D eigenvalue weighted by molar-refractivity contribution is 5.81. The van der Waals surface area contributed by atoms with Gasteiger partial charge in [-0.25, -0.2) is 0 Å². The Balaban J connectivity index is 1.39. The number of aromatic nitrogens is 2. The molecule has 1 atom stereocenters. The van der Waals surface area contributed by atoms with Crippen molar-refractivity contribution in [3.63, 3.8) is 0 Å². The fraction of sp³-hybridized carbons (Fsp3) is 0.174. The Morgan fingerprint density at radius 1 is 0.923 bits per heavy atom. The second kappa shape index (κ2) is 5.73. The van der Waals surface area contributed by atoms with E-state index >= 15 is 0 Å². The SMILES string of the molecule is CC1c2ccc(-c3cccc(OCc4nn(C)c5ccccc45)c3)cc21. The monoisotopic (exact) mass is 340 g/mol. The van der Waals surface area contributed by atoms with Gasteiger partial charge < -0.3 is 4.74 Å². The maximum atomic E-state index is 6.06. The standard InChI is InChI=1S/C23H20N2O/c1-15-19-11-10-17(13-21(15)19)16-6-5-7-18(12-16)26-14-22-20-8-3-4-9-23(20)25(2)24-22/h3-13,15H,14H2,1-2H3. The van der Waals surface area contributed by atoms with E-state index in [1.54, 1.807) is 0 Å². The minimum atomic E-state index is 0.464. The van der Waals surface area contributed by atoms with Crippen molar-refractivity contribution >= 4 is 10.9 Å². The molecule has 0 N–H and O–H groups in total. The summed E-state index contributed by atoms with van der Waals surface area (Å²) < 4.78 is 7.97. The molecule has 0 radical (unpaired) electrons. The number of rotatable bonds is 4. The van der Waals surface area contributed by atoms with Crippen molar-refractivity contribution in [3.8, 4) is 16.9 Å². The van der Waals surface area contributed by atoms with Gasteiger partial charge in [-0.1, -0.05) is 55.5 Å². The van der Waals surface area contributed by atoms with E-state index < -0.39 is 0 Å². The van der Waals surface area contributed by atoms with Gasteiger partial charge in [0.15, 0.2) is 0 Å². The normalized spacial score (nSPS) is 15.1. The Morgan fingerprint density at radius 3 is 2.65 bits per heavy atom. The lowest BCUT2D eigenvalue weighted by molar-refractivity contribution is 0.301. The quantitative estimate of drug-likeness (QED) is 0.505. The summed E-state index contributed by atoms with van der Waals surface area (Å²) >= 11 is 0. The van der Waals surface area contributed by atoms with E-state index in [-0.39, 0.29) is 0 Å². The minimum absolute atomic E-state index is 0.464. The van der Waals surface area contributed by atoms with Crippen molar-refractivity contribution in [2.45, 2.75) is 19.4 Å². The number of hydrogen-bond acceptors (Lipinski definition) is 2. The van der Waals surface area contributed by atoms with Crippen LogP contribution >= 0.6 is 0 Å². The van der Waals surface area contributed by atoms with Gasteiger partial charge in [0.05, 0.1) is 5.52 Å². The number of para-hydroxylation sites is 1. The molecule has 3 heteroatoms. The van der Waals surface area contributed by atoms with E-state index in [4.69, 9.17) is 4.74 Å². The molecule has 5 rings (SSSR count). The Hall–Kier alpha value is -3.07. The summed E-state index contributed by atoms with van der Waals surface area (Å²) in [6.45, 7) is 2.72. The molecular formula is C23H20N2O. The molecule has 0 spiro atoms. The van der Waals surface area contributed by atoms with Crippen molar-refractivity contribution in [2.24, 2.45) is 7.05 Å². The largest absolute Gasteiger partial charge is 0.487 e. The zero-order valence-corrected chi connectivity index (χ0v) is 14.9. The molecular weight excluding hydrogens is 320 g/mol. The summed E-state index contributed by atoms with van der Waals surface area (Å²) in [7, 11) is 1.97. The van der Waals surface area contributed by atoms with E-state index in [0.717, 1.165) is 22.3 Å². The van der Waals surface area contributed by atoms with Gasteiger partial charge in [-0.2, -0.15) is 5.10 Å². The second-order valence-corrected chi connectivity index (χ2v) is 6.97. The summed E-state index contributed by atoms with van der Waals surface area (Å²) in [4.78, 5) is 0. The van der Waals surface area contributed by atoms with E-state index in [1.165, 1.54) is 22.3 Å². The predicted molar refractivity (Wildman–Crippen MR) is 104 cm³/mol. The average molecular weight is 340 g/mol. The number of hydrogen-bond donors (Lipinski definition) is 0. The molecule has 0 bridgehead atoms. The fourth-order valence-electron chi connectivity index (χ4n) is 3.72. The Morgan fingerprint density at radius 2 is 1.77 bits per heavy atom. The summed E-state index contributed by atoms with van der Waals surface area (Å²) in [5.41, 5.74) is 7.47. The minimum Gasteiger partial charge on any atom is -0.487 e. The molecule has 128 valence electrons. The van der Waals surface area contributed by atoms with E-state index in [2.05, 4.69) is 60.6 Å². The molecule has 0 fully saturated rings. The van der Waals surface area contributed by atoms with Gasteiger partial charge in [-0.3, -0.25) is 4.68 Å². The highest BCUT2D eigenvalue weighted by atomic mass is 16.5. The third-order valence-corrected chi connectivity index (χ3v) is 5.31. The molecule has 1 unspecified atom stereocenters. The van der Waals surface area contributed by atoms with Crippen LogP contribution in [0.4, 0.5) is 0 Å². The molecule has 3 nitrogen and oxygen atoms in total. The number of aryl methyl sites for hydroxylation is 1. The average Bonchev–Trinajstić information content (AvgIpc) is 3.22. The van der Waals surface area contributed by atoms with E-state index in [0.29, 0.717) is 12.5 Å². The number of ether oxygens (including phenoxy) is 1. The molecule has 4 aromatic rings. The van der Waals surface area contributed by atoms with Crippen LogP contribution in [0.5, 0.6) is 5.75 Å². The van der Waals surface area contributed by atoms with Crippen molar-refractivity contribution in [1.82, 2.24) is 9.78 Å². The maximum Gasteiger partial charge on any atom is 0.133 e. The van der Waals surface area contributed by atoms with Gasteiger partial charge in [0.1, 0.15) is 18.1 Å². The molecule has 0 saturated heterocycles. The molecule has 0 aliphatic heterocycles. The summed E-state index contributed by atoms with van der Waals surface area (Å²) in [6, 6.07) is 23.3. The molecule has 1 aromatic heterocycles. The van der Waals surface area contributed by atoms with Gasteiger partial charge in [-0.15, -0.1) is 0 Å². The molecule has 1 aliphatic carbocycles. The molecule has 26 heavy (non-hydrogen) atoms. The first kappa shape index (κ1) is 15.2. The molecule has 3 aromatic carbocycles. The van der Waals surface area contributed by atoms with Gasteiger partial charge >= 0.3 is 0 Å². The number of benzene rings is 3. The van der Waals surface area contributed by atoms with Crippen LogP contribution in [0, 0.1) is 0 Å². The first-order valence-electron chi connectivity index (χ1n) is 8.98. The third-order valence-electron chi connectivity index (χ3n) is 5.31. The molecule has 0 amide bonds. The Bertz CT molecular complexity index is 1130. The summed E-state index contributed by atoms with van der Waals surface area (Å²) in [6.07, 6.45) is 0. The second-order valence-electron chi connectivity index (χ2n) is 6.97. The topological polar surface area (TPSA) is 27.1 Å². The van der Waals surface area contributed by atoms with Gasteiger partial charge in [0.25, 0.3) is 0 Å². The van der Waals surface area contributed by atoms with Gasteiger partial charge in [0.2, 0.25) is 0 Å². The smallest absolute Gasteiger partial charge is 0.133 e. The molecule has 1 heterocycles. The van der Waals surface area contributed by atoms with Crippen molar-refractivity contribution in [1.29, 1.82) is 0 Å². The fourth-order valence-corrected chi connectivity index (χ4v) is 3.72. The lowest BCUT2D eigenvalue weighted by Crippen LogP contribution is -1.98. The highest BCUT2D eigenvalue weighted by Gasteiger charge is 2.27. The van der Waals surface area contributed by atoms with Crippen LogP contribution in [-0.4, -0.2) is 9.78 Å². The summed E-state index contributed by atoms with van der Waals surface area (Å²) in [5, 5.41) is 5.75. The predicted octanol–water partition coefficient (Wildman–Crippen LogP) is 5.28. The zero-order valence-electron chi connectivity index (χ0n) is 14.9. The van der Waals surface area contributed by atoms with Crippen LogP contribution in [0.2, 0.25) is 0 Å². The van der Waals surface area contributed by atoms with Crippen LogP contribution in [0.15, 0.2) is 66.7 Å². The van der Waals surface area contributed by atoms with E-state index in [9.17, 15) is 0 Å². The van der Waals surface area contributed by atoms with Crippen LogP contribution < -0.4 is 4.74 Å². The van der Waals surface area contributed by atoms with Gasteiger partial charge in [-0.05, 0) is 40.5 Å². The number of nitrogens with zero attached hydrogens (tertiary/aromatic N) is 2. The number of fused-ring (bicyclic) bond motifs is 2. The van der Waals surface area contributed by atoms with Gasteiger partial charge in [0, 0.05) is 18.4 Å². The Labute approximate surface area is 152 Å². The lowest BCUT2D eigenvalue weighted by atomic mass is 10.1. The van der Waals surface area contributed by atoms with Crippen LogP contribution in [0.3, 0.4) is 0 Å². The van der Waals surface area contributed by atoms with Crippen molar-refractivity contribution in [2.75, 3.05) is 0 Å². The third kappa shape index (κ3) is 2.48. The lowest BCUT2D eigenvalue weighted by Gasteiger charge is -2.07. The highest BCUT2D eigenvalue weighted by Crippen LogP contribution is 2.44. The van der Waals surface area contributed by atoms with Crippen LogP contribution in [0.1, 0.15) is 29.7 Å². The molecule has 0 saturated carbocycles. The zero-order chi connectivity index (χ0) is 17.7. The van der Waals surface area contributed by atoms with Crippen molar-refractivity contribution < 1.29 is 4.74 Å². The van der Waals surface area contributed by atoms with Crippen LogP contribution in [0.25, 0.3) is 22.0 Å². The first-order valence-corrected chi connectivity index (χ1v) is 8.98.